The van der Waals surface area contributed by atoms with Crippen LogP contribution >= 0.6 is 19.3 Å². The highest BCUT2D eigenvalue weighted by Gasteiger charge is 2.84. The summed E-state index contributed by atoms with van der Waals surface area (Å²) in [6.07, 6.45) is 2.77. The van der Waals surface area contributed by atoms with Crippen molar-refractivity contribution in [3.63, 3.8) is 0 Å². The molecule has 2 aliphatic carbocycles. The van der Waals surface area contributed by atoms with E-state index in [1.54, 1.807) is 44.2 Å². The summed E-state index contributed by atoms with van der Waals surface area (Å²) in [7, 11) is -4.31. The number of imidazole rings is 1. The van der Waals surface area contributed by atoms with Crippen LogP contribution in [0.15, 0.2) is 36.7 Å². The minimum absolute atomic E-state index is 0.0386. The second-order valence-corrected chi connectivity index (χ2v) is 13.9. The minimum Gasteiger partial charge on any atom is -0.476 e. The van der Waals surface area contributed by atoms with E-state index in [1.165, 1.54) is 17.8 Å². The molecule has 0 spiro atoms. The minimum atomic E-state index is -4.31. The van der Waals surface area contributed by atoms with Gasteiger partial charge in [-0.25, -0.2) is 9.55 Å². The number of nitrogens with one attached hydrogen (secondary N) is 1. The highest BCUT2D eigenvalue weighted by Crippen LogP contribution is 2.67. The van der Waals surface area contributed by atoms with Gasteiger partial charge in [0.1, 0.15) is 40.6 Å². The summed E-state index contributed by atoms with van der Waals surface area (Å²) in [6, 6.07) is 7.32. The van der Waals surface area contributed by atoms with Gasteiger partial charge in [0.25, 0.3) is 0 Å². The molecule has 0 bridgehead atoms. The number of alkyl halides is 1. The zero-order chi connectivity index (χ0) is 31.3. The van der Waals surface area contributed by atoms with Gasteiger partial charge in [0, 0.05) is 0 Å². The average Bonchev–Trinajstić information content (AvgIpc) is 3.22. The third kappa shape index (κ3) is 5.52. The number of para-hydroxylation sites is 1. The first kappa shape index (κ1) is 31.0. The van der Waals surface area contributed by atoms with Gasteiger partial charge in [-0.3, -0.25) is 13.9 Å². The fraction of sp³-hybridized carbons (Fsp3) is 0.571. The number of halogens is 1. The molecule has 7 atom stereocenters. The van der Waals surface area contributed by atoms with Crippen molar-refractivity contribution in [3.8, 4) is 11.6 Å². The fourth-order valence-corrected chi connectivity index (χ4v) is 7.95. The first-order valence-electron chi connectivity index (χ1n) is 14.7. The molecule has 2 unspecified atom stereocenters. The Morgan fingerprint density at radius 2 is 2.00 bits per heavy atom. The number of carbonyl (C=O) groups is 1. The molecule has 0 radical (unpaired) electrons. The van der Waals surface area contributed by atoms with Crippen LogP contribution in [-0.4, -0.2) is 72.0 Å². The third-order valence-electron chi connectivity index (χ3n) is 8.26. The highest BCUT2D eigenvalue weighted by molar-refractivity contribution is 7.52. The molecule has 4 N–H and O–H groups in total. The van der Waals surface area contributed by atoms with Crippen molar-refractivity contribution in [2.75, 3.05) is 12.3 Å². The number of aromatic nitrogens is 4. The first-order valence-corrected chi connectivity index (χ1v) is 16.6. The van der Waals surface area contributed by atoms with Crippen LogP contribution in [0.25, 0.3) is 11.2 Å². The second kappa shape index (κ2) is 11.7. The number of fused-ring (bicyclic) bond motifs is 2. The maximum absolute atomic E-state index is 14.2. The Balaban J connectivity index is 1.22. The summed E-state index contributed by atoms with van der Waals surface area (Å²) in [6.45, 7) is 5.23. The van der Waals surface area contributed by atoms with Gasteiger partial charge in [-0.2, -0.15) is 15.1 Å². The lowest BCUT2D eigenvalue weighted by Gasteiger charge is -2.33. The number of aliphatic hydroxyl groups is 1. The van der Waals surface area contributed by atoms with E-state index in [0.717, 1.165) is 32.1 Å². The molecule has 14 nitrogen and oxygen atoms in total. The van der Waals surface area contributed by atoms with Gasteiger partial charge in [0.2, 0.25) is 11.8 Å². The van der Waals surface area contributed by atoms with E-state index in [1.807, 2.05) is 0 Å². The molecule has 16 heteroatoms. The number of ether oxygens (including phenoxy) is 3. The van der Waals surface area contributed by atoms with Crippen molar-refractivity contribution in [1.29, 1.82) is 0 Å². The molecule has 3 heterocycles. The van der Waals surface area contributed by atoms with Crippen molar-refractivity contribution in [2.45, 2.75) is 93.9 Å². The Morgan fingerprint density at radius 3 is 2.66 bits per heavy atom. The van der Waals surface area contributed by atoms with Gasteiger partial charge >= 0.3 is 13.7 Å². The van der Waals surface area contributed by atoms with E-state index in [4.69, 9.17) is 40.6 Å². The standard InChI is InChI=1S/C28H36ClN6O8P/c1-4-39-23-19-22(32-26(30)33-23)35(15-31-19)25-27(3,29)28(37)20(41-25)21(28)43-44(38,42-18-13-9-6-10-14-18)34-16(2)24(36)40-17-11-7-5-8-12-17/h6,9-10,13-17,20-21,25,37H,4-5,7-8,11-12H2,1-3H3,(H,34,38)(H2,30,32,33)/t16-,20+,21?,25+,27-,28-,44?/m0/s1. The number of nitrogens with zero attached hydrogens (tertiary/aromatic N) is 4. The van der Waals surface area contributed by atoms with E-state index < -0.39 is 48.7 Å². The zero-order valence-corrected chi connectivity index (χ0v) is 26.2. The van der Waals surface area contributed by atoms with Crippen molar-refractivity contribution >= 4 is 42.4 Å². The molecule has 44 heavy (non-hydrogen) atoms. The summed E-state index contributed by atoms with van der Waals surface area (Å²) in [5.41, 5.74) is 4.74. The number of hydrogen-bond donors (Lipinski definition) is 3. The highest BCUT2D eigenvalue weighted by atomic mass is 35.5. The smallest absolute Gasteiger partial charge is 0.459 e. The van der Waals surface area contributed by atoms with Crippen LogP contribution in [0.1, 0.15) is 59.1 Å². The lowest BCUT2D eigenvalue weighted by molar-refractivity contribution is -0.152. The Hall–Kier alpha value is -3.00. The van der Waals surface area contributed by atoms with Crippen LogP contribution < -0.4 is 20.1 Å². The Labute approximate surface area is 259 Å². The molecule has 0 amide bonds. The number of anilines is 1. The van der Waals surface area contributed by atoms with E-state index in [-0.39, 0.29) is 23.7 Å². The van der Waals surface area contributed by atoms with Gasteiger partial charge in [0.15, 0.2) is 17.4 Å². The molecular weight excluding hydrogens is 615 g/mol. The van der Waals surface area contributed by atoms with E-state index in [9.17, 15) is 14.5 Å². The molecule has 3 aromatic rings. The molecule has 3 aliphatic rings. The van der Waals surface area contributed by atoms with E-state index in [2.05, 4.69) is 20.0 Å². The normalized spacial score (nSPS) is 30.3. The molecule has 2 saturated carbocycles. The van der Waals surface area contributed by atoms with Gasteiger partial charge in [-0.05, 0) is 58.6 Å². The SMILES string of the molecule is CCOc1nc(N)nc2c1ncn2[C@@H]1O[C@@H]2C(OP(=O)(N[C@@H](C)C(=O)OC3CCCCC3)Oc3ccccc3)[C@]2(O)[C@@]1(C)Cl. The molecule has 2 aromatic heterocycles. The number of rotatable bonds is 11. The number of esters is 1. The maximum atomic E-state index is 14.2. The maximum Gasteiger partial charge on any atom is 0.459 e. The van der Waals surface area contributed by atoms with Crippen molar-refractivity contribution < 1.29 is 37.7 Å². The van der Waals surface area contributed by atoms with Crippen LogP contribution in [0.4, 0.5) is 5.95 Å². The summed E-state index contributed by atoms with van der Waals surface area (Å²) >= 11 is 7.01. The predicted octanol–water partition coefficient (Wildman–Crippen LogP) is 3.87. The van der Waals surface area contributed by atoms with Gasteiger partial charge < -0.3 is 29.6 Å². The van der Waals surface area contributed by atoms with Crippen LogP contribution in [-0.2, 0) is 23.4 Å². The summed E-state index contributed by atoms with van der Waals surface area (Å²) in [5, 5.41) is 14.5. The molecule has 3 fully saturated rings. The van der Waals surface area contributed by atoms with Crippen molar-refractivity contribution in [1.82, 2.24) is 24.6 Å². The van der Waals surface area contributed by atoms with Crippen molar-refractivity contribution in [2.24, 2.45) is 0 Å². The molecular formula is C28H36ClN6O8P. The number of benzene rings is 1. The Bertz CT molecular complexity index is 1570. The summed E-state index contributed by atoms with van der Waals surface area (Å²) in [4.78, 5) is 24.1. The topological polar surface area (TPSA) is 182 Å². The molecule has 1 aliphatic heterocycles. The summed E-state index contributed by atoms with van der Waals surface area (Å²) < 4.78 is 44.9. The lowest BCUT2D eigenvalue weighted by Crippen LogP contribution is -2.45. The van der Waals surface area contributed by atoms with Crippen LogP contribution in [0, 0.1) is 0 Å². The average molecular weight is 651 g/mol. The number of carbonyl (C=O) groups excluding carboxylic acids is 1. The lowest BCUT2D eigenvalue weighted by atomic mass is 9.98. The second-order valence-electron chi connectivity index (χ2n) is 11.4. The Morgan fingerprint density at radius 1 is 1.27 bits per heavy atom. The van der Waals surface area contributed by atoms with E-state index >= 15 is 0 Å². The van der Waals surface area contributed by atoms with Crippen molar-refractivity contribution in [3.05, 3.63) is 36.7 Å². The molecule has 238 valence electrons. The fourth-order valence-electron chi connectivity index (χ4n) is 5.88. The quantitative estimate of drug-likeness (QED) is 0.155. The zero-order valence-electron chi connectivity index (χ0n) is 24.6. The molecule has 6 rings (SSSR count). The Kier molecular flexibility index (Phi) is 8.27. The molecule has 1 saturated heterocycles. The van der Waals surface area contributed by atoms with E-state index in [0.29, 0.717) is 17.8 Å². The number of nitrogens with two attached hydrogens (primary N) is 1. The van der Waals surface area contributed by atoms with Gasteiger partial charge in [0.05, 0.1) is 12.9 Å². The van der Waals surface area contributed by atoms with Gasteiger partial charge in [-0.1, -0.05) is 24.6 Å². The molecule has 1 aromatic carbocycles. The number of nitrogen functional groups attached to an aromatic ring is 1. The van der Waals surface area contributed by atoms with Crippen LogP contribution in [0.3, 0.4) is 0 Å². The van der Waals surface area contributed by atoms with Gasteiger partial charge in [-0.15, -0.1) is 11.6 Å². The monoisotopic (exact) mass is 650 g/mol. The predicted molar refractivity (Wildman–Crippen MR) is 159 cm³/mol. The van der Waals surface area contributed by atoms with Crippen LogP contribution in [0.2, 0.25) is 0 Å². The first-order chi connectivity index (χ1) is 21.0. The largest absolute Gasteiger partial charge is 0.476 e. The van der Waals surface area contributed by atoms with Crippen LogP contribution in [0.5, 0.6) is 11.6 Å². The summed E-state index contributed by atoms with van der Waals surface area (Å²) in [5.74, 6) is -0.184. The number of hydrogen-bond acceptors (Lipinski definition) is 12. The third-order valence-corrected chi connectivity index (χ3v) is 10.4.